The first-order chi connectivity index (χ1) is 4.18. The van der Waals surface area contributed by atoms with Gasteiger partial charge in [-0.3, -0.25) is 0 Å². The first-order valence-corrected chi connectivity index (χ1v) is 3.28. The molecule has 0 saturated carbocycles. The lowest BCUT2D eigenvalue weighted by Gasteiger charge is -2.22. The molecule has 0 aliphatic heterocycles. The summed E-state index contributed by atoms with van der Waals surface area (Å²) in [4.78, 5) is 3.78. The van der Waals surface area contributed by atoms with E-state index in [1.165, 1.54) is 0 Å². The van der Waals surface area contributed by atoms with Crippen molar-refractivity contribution in [2.75, 3.05) is 6.61 Å². The van der Waals surface area contributed by atoms with Crippen LogP contribution in [0.25, 0.3) is 0 Å². The molecule has 0 aliphatic rings. The maximum atomic E-state index is 9.72. The minimum absolute atomic E-state index is 0.151. The molecular weight excluding hydrogens is 116 g/mol. The summed E-state index contributed by atoms with van der Waals surface area (Å²) in [5.74, 6) is 0. The van der Waals surface area contributed by atoms with E-state index >= 15 is 0 Å². The van der Waals surface area contributed by atoms with E-state index in [4.69, 9.17) is 0 Å². The van der Waals surface area contributed by atoms with Crippen molar-refractivity contribution < 1.29 is 10.1 Å². The topological polar surface area (TPSA) is 29.1 Å². The molecule has 9 heavy (non-hydrogen) atoms. The third-order valence-electron chi connectivity index (χ3n) is 1.87. The highest BCUT2D eigenvalue weighted by Crippen LogP contribution is 2.24. The van der Waals surface area contributed by atoms with Crippen molar-refractivity contribution in [3.63, 3.8) is 0 Å². The van der Waals surface area contributed by atoms with Crippen molar-refractivity contribution >= 4 is 0 Å². The second kappa shape index (κ2) is 3.85. The fourth-order valence-corrected chi connectivity index (χ4v) is 0.579. The van der Waals surface area contributed by atoms with Crippen molar-refractivity contribution in [3.8, 4) is 0 Å². The molecule has 0 spiro atoms. The average Bonchev–Trinajstić information content (AvgIpc) is 1.89. The van der Waals surface area contributed by atoms with Gasteiger partial charge in [0, 0.05) is 0 Å². The summed E-state index contributed by atoms with van der Waals surface area (Å²) < 4.78 is 0. The van der Waals surface area contributed by atoms with Crippen LogP contribution < -0.4 is 0 Å². The van der Waals surface area contributed by atoms with Crippen LogP contribution in [0, 0.1) is 12.3 Å². The highest BCUT2D eigenvalue weighted by atomic mass is 17.1. The number of hydrogen-bond donors (Lipinski definition) is 0. The van der Waals surface area contributed by atoms with E-state index < -0.39 is 0 Å². The number of hydrogen-bond acceptors (Lipinski definition) is 1. The summed E-state index contributed by atoms with van der Waals surface area (Å²) in [7, 11) is 0. The monoisotopic (exact) mass is 130 g/mol. The molecule has 0 atom stereocenters. The fraction of sp³-hybridized carbons (Fsp3) is 0.857. The molecule has 0 saturated heterocycles. The molecule has 0 fully saturated rings. The molecule has 2 heteroatoms. The summed E-state index contributed by atoms with van der Waals surface area (Å²) in [6.07, 6.45) is 1.79. The van der Waals surface area contributed by atoms with Gasteiger partial charge in [0.2, 0.25) is 0 Å². The van der Waals surface area contributed by atoms with Gasteiger partial charge in [-0.25, -0.2) is 4.89 Å². The van der Waals surface area contributed by atoms with Crippen LogP contribution in [0.3, 0.4) is 0 Å². The Kier molecular flexibility index (Phi) is 3.82. The van der Waals surface area contributed by atoms with Gasteiger partial charge in [0.1, 0.15) is 0 Å². The third kappa shape index (κ3) is 2.82. The molecular formula is C7H14O2. The van der Waals surface area contributed by atoms with Gasteiger partial charge in [0.05, 0.1) is 6.61 Å². The van der Waals surface area contributed by atoms with Crippen molar-refractivity contribution in [1.82, 2.24) is 0 Å². The fourth-order valence-electron chi connectivity index (χ4n) is 0.579. The molecule has 0 heterocycles. The molecule has 0 amide bonds. The van der Waals surface area contributed by atoms with Gasteiger partial charge < -0.3 is 0 Å². The molecule has 2 nitrogen and oxygen atoms in total. The highest BCUT2D eigenvalue weighted by Gasteiger charge is 2.19. The second-order valence-corrected chi connectivity index (χ2v) is 2.47. The summed E-state index contributed by atoms with van der Waals surface area (Å²) in [5.41, 5.74) is -0.151. The second-order valence-electron chi connectivity index (χ2n) is 2.47. The van der Waals surface area contributed by atoms with Crippen LogP contribution in [0.2, 0.25) is 0 Å². The Morgan fingerprint density at radius 3 is 2.00 bits per heavy atom. The zero-order valence-corrected chi connectivity index (χ0v) is 6.14. The first kappa shape index (κ1) is 8.92. The van der Waals surface area contributed by atoms with Gasteiger partial charge >= 0.3 is 0 Å². The molecule has 54 valence electrons. The van der Waals surface area contributed by atoms with Gasteiger partial charge in [-0.15, -0.1) is 0 Å². The lowest BCUT2D eigenvalue weighted by atomic mass is 9.86. The van der Waals surface area contributed by atoms with E-state index in [-0.39, 0.29) is 12.0 Å². The van der Waals surface area contributed by atoms with E-state index in [9.17, 15) is 5.26 Å². The lowest BCUT2D eigenvalue weighted by molar-refractivity contribution is -0.316. The minimum Gasteiger partial charge on any atom is -0.203 e. The Labute approximate surface area is 56.8 Å². The Balaban J connectivity index is 3.62. The van der Waals surface area contributed by atoms with Gasteiger partial charge in [0.15, 0.2) is 0 Å². The summed E-state index contributed by atoms with van der Waals surface area (Å²) in [6.45, 7) is 8.11. The van der Waals surface area contributed by atoms with Crippen molar-refractivity contribution in [2.24, 2.45) is 5.41 Å². The van der Waals surface area contributed by atoms with Crippen LogP contribution in [0.15, 0.2) is 0 Å². The van der Waals surface area contributed by atoms with E-state index in [1.807, 2.05) is 13.8 Å². The molecule has 0 aromatic heterocycles. The van der Waals surface area contributed by atoms with E-state index in [2.05, 4.69) is 11.8 Å². The zero-order chi connectivity index (χ0) is 7.33. The molecule has 0 N–H and O–H groups in total. The predicted octanol–water partition coefficient (Wildman–Crippen LogP) is 1.99. The Morgan fingerprint density at radius 2 is 1.89 bits per heavy atom. The molecule has 0 unspecified atom stereocenters. The molecule has 0 rings (SSSR count). The predicted molar refractivity (Wildman–Crippen MR) is 35.0 cm³/mol. The summed E-state index contributed by atoms with van der Waals surface area (Å²) in [6, 6.07) is 0. The van der Waals surface area contributed by atoms with Crippen LogP contribution in [-0.2, 0) is 10.1 Å². The van der Waals surface area contributed by atoms with Gasteiger partial charge in [-0.1, -0.05) is 13.8 Å². The largest absolute Gasteiger partial charge is 0.203 e. The Bertz CT molecular complexity index is 67.3. The van der Waals surface area contributed by atoms with Crippen molar-refractivity contribution in [1.29, 1.82) is 0 Å². The average molecular weight is 130 g/mol. The van der Waals surface area contributed by atoms with Crippen molar-refractivity contribution in [2.45, 2.75) is 26.7 Å². The Morgan fingerprint density at radius 1 is 1.44 bits per heavy atom. The first-order valence-electron chi connectivity index (χ1n) is 3.28. The van der Waals surface area contributed by atoms with Crippen molar-refractivity contribution in [3.05, 3.63) is 6.92 Å². The maximum Gasteiger partial charge on any atom is 0.0910 e. The summed E-state index contributed by atoms with van der Waals surface area (Å²) >= 11 is 0. The zero-order valence-electron chi connectivity index (χ0n) is 6.14. The van der Waals surface area contributed by atoms with Crippen LogP contribution >= 0.6 is 0 Å². The smallest absolute Gasteiger partial charge is 0.0910 e. The van der Waals surface area contributed by atoms with Crippen LogP contribution in [-0.4, -0.2) is 6.61 Å². The van der Waals surface area contributed by atoms with Crippen LogP contribution in [0.5, 0.6) is 0 Å². The van der Waals surface area contributed by atoms with Gasteiger partial charge in [-0.05, 0) is 30.4 Å². The SMILES string of the molecule is [CH2]C(CC)(CC)CO[O]. The maximum absolute atomic E-state index is 9.72. The highest BCUT2D eigenvalue weighted by molar-refractivity contribution is 4.77. The molecule has 0 bridgehead atoms. The Hall–Kier alpha value is -0.0800. The normalized spacial score (nSPS) is 12.0. The minimum atomic E-state index is -0.151. The van der Waals surface area contributed by atoms with Crippen LogP contribution in [0.4, 0.5) is 0 Å². The van der Waals surface area contributed by atoms with Gasteiger partial charge in [-0.2, -0.15) is 0 Å². The number of rotatable bonds is 4. The van der Waals surface area contributed by atoms with E-state index in [0.717, 1.165) is 12.8 Å². The van der Waals surface area contributed by atoms with E-state index in [1.54, 1.807) is 0 Å². The lowest BCUT2D eigenvalue weighted by Crippen LogP contribution is -2.20. The summed E-state index contributed by atoms with van der Waals surface area (Å²) in [5, 5.41) is 9.72. The molecule has 0 aromatic rings. The molecule has 2 radical (unpaired) electrons. The van der Waals surface area contributed by atoms with Gasteiger partial charge in [0.25, 0.3) is 0 Å². The molecule has 0 aliphatic carbocycles. The molecule has 0 aromatic carbocycles. The standard InChI is InChI=1S/C7H14O2/c1-4-7(3,5-2)6-9-8/h3-6H2,1-2H3. The van der Waals surface area contributed by atoms with Crippen LogP contribution in [0.1, 0.15) is 26.7 Å². The third-order valence-corrected chi connectivity index (χ3v) is 1.87. The van der Waals surface area contributed by atoms with E-state index in [0.29, 0.717) is 0 Å². The quantitative estimate of drug-likeness (QED) is 0.422.